The van der Waals surface area contributed by atoms with Crippen molar-refractivity contribution >= 4 is 23.1 Å². The van der Waals surface area contributed by atoms with Crippen LogP contribution in [-0.2, 0) is 16.2 Å². The molecule has 0 saturated heterocycles. The maximum absolute atomic E-state index is 11.9. The maximum atomic E-state index is 11.9. The highest BCUT2D eigenvalue weighted by Crippen LogP contribution is 2.14. The van der Waals surface area contributed by atoms with Crippen LogP contribution >= 0.6 is 0 Å². The highest BCUT2D eigenvalue weighted by molar-refractivity contribution is 5.82. The first kappa shape index (κ1) is 14.1. The van der Waals surface area contributed by atoms with Crippen LogP contribution in [0.1, 0.15) is 11.1 Å². The first-order valence-corrected chi connectivity index (χ1v) is 7.06. The molecule has 3 rings (SSSR count). The van der Waals surface area contributed by atoms with E-state index >= 15 is 0 Å². The van der Waals surface area contributed by atoms with Gasteiger partial charge in [0.05, 0.1) is 6.21 Å². The highest BCUT2D eigenvalue weighted by Gasteiger charge is 2.06. The number of para-hydroxylation sites is 1. The number of rotatable bonds is 4. The molecule has 0 aliphatic carbocycles. The van der Waals surface area contributed by atoms with E-state index in [1.807, 2.05) is 72.3 Å². The van der Waals surface area contributed by atoms with Gasteiger partial charge >= 0.3 is 5.97 Å². The Labute approximate surface area is 128 Å². The number of aromatic nitrogens is 1. The van der Waals surface area contributed by atoms with Gasteiger partial charge in [-0.3, -0.25) is 0 Å². The summed E-state index contributed by atoms with van der Waals surface area (Å²) in [6.07, 6.45) is 3.41. The van der Waals surface area contributed by atoms with E-state index in [-0.39, 0.29) is 6.54 Å². The van der Waals surface area contributed by atoms with Crippen molar-refractivity contribution < 1.29 is 9.63 Å². The molecule has 22 heavy (non-hydrogen) atoms. The molecular formula is C18H16N2O2. The standard InChI is InChI=1S/C18H16N2O2/c1-14-5-4-6-15(11-14)12-19-22-18(21)13-20-10-9-16-7-2-3-8-17(16)20/h2-12H,13H2,1H3. The van der Waals surface area contributed by atoms with Crippen molar-refractivity contribution in [3.63, 3.8) is 0 Å². The van der Waals surface area contributed by atoms with Gasteiger partial charge in [0, 0.05) is 11.7 Å². The molecular weight excluding hydrogens is 276 g/mol. The monoisotopic (exact) mass is 292 g/mol. The minimum Gasteiger partial charge on any atom is -0.336 e. The third-order valence-corrected chi connectivity index (χ3v) is 3.38. The molecule has 0 fully saturated rings. The summed E-state index contributed by atoms with van der Waals surface area (Å²) in [6.45, 7) is 2.14. The van der Waals surface area contributed by atoms with Gasteiger partial charge in [0.2, 0.25) is 0 Å². The van der Waals surface area contributed by atoms with Crippen LogP contribution in [0.25, 0.3) is 10.9 Å². The first-order chi connectivity index (χ1) is 10.7. The fourth-order valence-corrected chi connectivity index (χ4v) is 2.34. The van der Waals surface area contributed by atoms with Crippen molar-refractivity contribution in [1.29, 1.82) is 0 Å². The van der Waals surface area contributed by atoms with Gasteiger partial charge in [0.1, 0.15) is 6.54 Å². The number of aryl methyl sites for hydroxylation is 1. The molecule has 0 radical (unpaired) electrons. The van der Waals surface area contributed by atoms with Crippen LogP contribution in [0.4, 0.5) is 0 Å². The molecule has 0 saturated carbocycles. The number of oxime groups is 1. The molecule has 3 aromatic rings. The van der Waals surface area contributed by atoms with Gasteiger partial charge in [-0.1, -0.05) is 53.2 Å². The lowest BCUT2D eigenvalue weighted by Gasteiger charge is -2.02. The van der Waals surface area contributed by atoms with Crippen LogP contribution in [0.5, 0.6) is 0 Å². The second kappa shape index (κ2) is 6.26. The largest absolute Gasteiger partial charge is 0.354 e. The second-order valence-electron chi connectivity index (χ2n) is 5.11. The molecule has 0 bridgehead atoms. The smallest absolute Gasteiger partial charge is 0.336 e. The normalized spacial score (nSPS) is 11.1. The molecule has 4 nitrogen and oxygen atoms in total. The predicted octanol–water partition coefficient (Wildman–Crippen LogP) is 3.53. The van der Waals surface area contributed by atoms with E-state index < -0.39 is 5.97 Å². The van der Waals surface area contributed by atoms with Gasteiger partial charge < -0.3 is 9.40 Å². The summed E-state index contributed by atoms with van der Waals surface area (Å²) in [5.74, 6) is -0.398. The van der Waals surface area contributed by atoms with Crippen LogP contribution < -0.4 is 0 Å². The summed E-state index contributed by atoms with van der Waals surface area (Å²) in [7, 11) is 0. The fraction of sp³-hybridized carbons (Fsp3) is 0.111. The molecule has 4 heteroatoms. The third kappa shape index (κ3) is 3.23. The van der Waals surface area contributed by atoms with Gasteiger partial charge in [-0.2, -0.15) is 0 Å². The lowest BCUT2D eigenvalue weighted by molar-refractivity contribution is -0.144. The molecule has 0 spiro atoms. The van der Waals surface area contributed by atoms with Crippen molar-refractivity contribution in [2.75, 3.05) is 0 Å². The Morgan fingerprint density at radius 3 is 2.91 bits per heavy atom. The summed E-state index contributed by atoms with van der Waals surface area (Å²) in [4.78, 5) is 16.8. The molecule has 110 valence electrons. The number of hydrogen-bond acceptors (Lipinski definition) is 3. The van der Waals surface area contributed by atoms with Crippen LogP contribution in [0.2, 0.25) is 0 Å². The average molecular weight is 292 g/mol. The fourth-order valence-electron chi connectivity index (χ4n) is 2.34. The molecule has 0 atom stereocenters. The van der Waals surface area contributed by atoms with Gasteiger partial charge in [0.25, 0.3) is 0 Å². The van der Waals surface area contributed by atoms with Gasteiger partial charge in [0.15, 0.2) is 0 Å². The Bertz CT molecular complexity index is 834. The lowest BCUT2D eigenvalue weighted by atomic mass is 10.2. The SMILES string of the molecule is Cc1cccc(C=NOC(=O)Cn2ccc3ccccc32)c1. The Balaban J connectivity index is 1.63. The molecule has 0 N–H and O–H groups in total. The number of benzene rings is 2. The summed E-state index contributed by atoms with van der Waals surface area (Å²) in [6, 6.07) is 17.7. The molecule has 1 aromatic heterocycles. The van der Waals surface area contributed by atoms with Gasteiger partial charge in [-0.15, -0.1) is 0 Å². The number of carbonyl (C=O) groups excluding carboxylic acids is 1. The average Bonchev–Trinajstić information content (AvgIpc) is 2.91. The van der Waals surface area contributed by atoms with Gasteiger partial charge in [-0.25, -0.2) is 4.79 Å². The zero-order chi connectivity index (χ0) is 15.4. The van der Waals surface area contributed by atoms with Crippen LogP contribution in [0, 0.1) is 6.92 Å². The first-order valence-electron chi connectivity index (χ1n) is 7.06. The molecule has 0 aliphatic rings. The minimum absolute atomic E-state index is 0.138. The Morgan fingerprint density at radius 1 is 1.18 bits per heavy atom. The summed E-state index contributed by atoms with van der Waals surface area (Å²) in [5.41, 5.74) is 3.04. The second-order valence-corrected chi connectivity index (χ2v) is 5.11. The summed E-state index contributed by atoms with van der Waals surface area (Å²) >= 11 is 0. The minimum atomic E-state index is -0.398. The Hall–Kier alpha value is -2.88. The van der Waals surface area contributed by atoms with E-state index in [1.165, 1.54) is 0 Å². The molecule has 0 aliphatic heterocycles. The highest BCUT2D eigenvalue weighted by atomic mass is 16.7. The zero-order valence-corrected chi connectivity index (χ0v) is 12.3. The van der Waals surface area contributed by atoms with Crippen molar-refractivity contribution in [3.05, 3.63) is 71.9 Å². The van der Waals surface area contributed by atoms with Crippen molar-refractivity contribution in [1.82, 2.24) is 4.57 Å². The number of hydrogen-bond donors (Lipinski definition) is 0. The number of carbonyl (C=O) groups is 1. The lowest BCUT2D eigenvalue weighted by Crippen LogP contribution is -2.10. The van der Waals surface area contributed by atoms with E-state index in [2.05, 4.69) is 5.16 Å². The van der Waals surface area contributed by atoms with Gasteiger partial charge in [-0.05, 0) is 30.0 Å². The van der Waals surface area contributed by atoms with Crippen molar-refractivity contribution in [2.24, 2.45) is 5.16 Å². The topological polar surface area (TPSA) is 43.6 Å². The molecule has 0 unspecified atom stereocenters. The Morgan fingerprint density at radius 2 is 2.05 bits per heavy atom. The van der Waals surface area contributed by atoms with Crippen LogP contribution in [0.15, 0.2) is 65.9 Å². The van der Waals surface area contributed by atoms with Crippen molar-refractivity contribution in [3.8, 4) is 0 Å². The van der Waals surface area contributed by atoms with Crippen LogP contribution in [0.3, 0.4) is 0 Å². The van der Waals surface area contributed by atoms with E-state index in [9.17, 15) is 4.79 Å². The predicted molar refractivity (Wildman–Crippen MR) is 86.8 cm³/mol. The van der Waals surface area contributed by atoms with Crippen LogP contribution in [-0.4, -0.2) is 16.8 Å². The number of nitrogens with zero attached hydrogens (tertiary/aromatic N) is 2. The quantitative estimate of drug-likeness (QED) is 0.419. The third-order valence-electron chi connectivity index (χ3n) is 3.38. The number of fused-ring (bicyclic) bond motifs is 1. The Kier molecular flexibility index (Phi) is 4.01. The zero-order valence-electron chi connectivity index (χ0n) is 12.3. The van der Waals surface area contributed by atoms with E-state index in [0.717, 1.165) is 22.0 Å². The molecule has 1 heterocycles. The molecule has 0 amide bonds. The van der Waals surface area contributed by atoms with E-state index in [1.54, 1.807) is 6.21 Å². The summed E-state index contributed by atoms with van der Waals surface area (Å²) in [5, 5.41) is 4.85. The molecule has 2 aromatic carbocycles. The maximum Gasteiger partial charge on any atom is 0.354 e. The van der Waals surface area contributed by atoms with Crippen molar-refractivity contribution in [2.45, 2.75) is 13.5 Å². The van der Waals surface area contributed by atoms with E-state index in [4.69, 9.17) is 4.84 Å². The summed E-state index contributed by atoms with van der Waals surface area (Å²) < 4.78 is 1.85. The van der Waals surface area contributed by atoms with E-state index in [0.29, 0.717) is 0 Å².